The second kappa shape index (κ2) is 12.1. The van der Waals surface area contributed by atoms with Crippen LogP contribution in [0.4, 0.5) is 27.6 Å². The smallest absolute Gasteiger partial charge is 0.490 e. The highest BCUT2D eigenvalue weighted by molar-refractivity contribution is 5.91. The summed E-state index contributed by atoms with van der Waals surface area (Å²) < 4.78 is 69.6. The van der Waals surface area contributed by atoms with Gasteiger partial charge in [0.05, 0.1) is 14.2 Å². The maximum atomic E-state index is 13.4. The quantitative estimate of drug-likeness (QED) is 0.239. The molecular weight excluding hydrogens is 527 g/mol. The molecule has 1 heterocycles. The monoisotopic (exact) mass is 558 g/mol. The summed E-state index contributed by atoms with van der Waals surface area (Å²) in [6, 6.07) is 9.77. The van der Waals surface area contributed by atoms with Crippen molar-refractivity contribution in [3.63, 3.8) is 0 Å². The van der Waals surface area contributed by atoms with Crippen LogP contribution in [0.5, 0.6) is 11.5 Å². The van der Waals surface area contributed by atoms with E-state index < -0.39 is 23.8 Å². The number of likely N-dealkylation sites (tertiary alicyclic amines) is 1. The molecule has 0 spiro atoms. The third kappa shape index (κ3) is 7.08. The van der Waals surface area contributed by atoms with Crippen LogP contribution in [0.2, 0.25) is 0 Å². The van der Waals surface area contributed by atoms with Gasteiger partial charge >= 0.3 is 12.1 Å². The van der Waals surface area contributed by atoms with Crippen LogP contribution in [0.15, 0.2) is 36.4 Å². The molecule has 8 nitrogen and oxygen atoms in total. The van der Waals surface area contributed by atoms with Crippen molar-refractivity contribution in [2.45, 2.75) is 49.4 Å². The Morgan fingerprint density at radius 3 is 2.26 bits per heavy atom. The lowest BCUT2D eigenvalue weighted by Crippen LogP contribution is -2.52. The van der Waals surface area contributed by atoms with Crippen LogP contribution < -0.4 is 20.1 Å². The Kier molecular flexibility index (Phi) is 9.26. The Hall–Kier alpha value is -3.61. The number of likely N-dealkylation sites (N-methyl/N-ethyl adjacent to an activating group) is 1. The molecule has 39 heavy (non-hydrogen) atoms. The molecule has 1 aliphatic carbocycles. The Morgan fingerprint density at radius 2 is 1.69 bits per heavy atom. The summed E-state index contributed by atoms with van der Waals surface area (Å²) in [6.45, 7) is 1.00. The number of nitrogens with one attached hydrogen (secondary N) is 3. The van der Waals surface area contributed by atoms with E-state index in [1.54, 1.807) is 14.2 Å². The summed E-state index contributed by atoms with van der Waals surface area (Å²) in [4.78, 5) is 11.3. The first kappa shape index (κ1) is 29.9. The predicted octanol–water partition coefficient (Wildman–Crippen LogP) is 4.75. The first-order chi connectivity index (χ1) is 18.3. The first-order valence-electron chi connectivity index (χ1n) is 12.1. The fourth-order valence-electron chi connectivity index (χ4n) is 5.41. The number of hydrogen-bond acceptors (Lipinski definition) is 5. The van der Waals surface area contributed by atoms with Crippen LogP contribution in [-0.2, 0) is 10.2 Å². The number of guanidine groups is 1. The van der Waals surface area contributed by atoms with Gasteiger partial charge in [0.25, 0.3) is 0 Å². The number of aliphatic carboxylic acids is 1. The van der Waals surface area contributed by atoms with Crippen molar-refractivity contribution in [3.8, 4) is 11.5 Å². The zero-order valence-electron chi connectivity index (χ0n) is 21.7. The molecule has 4 N–H and O–H groups in total. The second-order valence-corrected chi connectivity index (χ2v) is 9.55. The van der Waals surface area contributed by atoms with Gasteiger partial charge in [-0.15, -0.1) is 0 Å². The van der Waals surface area contributed by atoms with E-state index in [0.717, 1.165) is 49.8 Å². The molecule has 214 valence electrons. The van der Waals surface area contributed by atoms with Gasteiger partial charge in [0.2, 0.25) is 0 Å². The number of ether oxygens (including phenoxy) is 2. The zero-order valence-corrected chi connectivity index (χ0v) is 21.7. The number of carboxylic acids is 1. The van der Waals surface area contributed by atoms with Crippen molar-refractivity contribution in [1.29, 1.82) is 5.41 Å². The molecule has 3 atom stereocenters. The lowest BCUT2D eigenvalue weighted by molar-refractivity contribution is -0.192. The van der Waals surface area contributed by atoms with E-state index in [4.69, 9.17) is 24.8 Å². The van der Waals surface area contributed by atoms with E-state index in [-0.39, 0.29) is 23.1 Å². The lowest BCUT2D eigenvalue weighted by Gasteiger charge is -2.45. The number of nitrogens with zero attached hydrogens (tertiary/aromatic N) is 1. The minimum absolute atomic E-state index is 0.0216. The SMILES string of the molecule is COc1ccc([C@@]23CC[C@@H](NC(=N)Nc4cc(F)cc(F)c4)C[C@@H]2N(C)CC3)cc1OC.O=C(O)C(F)(F)F. The lowest BCUT2D eigenvalue weighted by atomic mass is 9.65. The first-order valence-corrected chi connectivity index (χ1v) is 12.1. The van der Waals surface area contributed by atoms with Crippen LogP contribution in [0.25, 0.3) is 0 Å². The minimum Gasteiger partial charge on any atom is -0.493 e. The molecule has 0 radical (unpaired) electrons. The van der Waals surface area contributed by atoms with Gasteiger partial charge < -0.3 is 30.1 Å². The minimum atomic E-state index is -5.08. The van der Waals surface area contributed by atoms with Crippen LogP contribution in [-0.4, -0.2) is 68.0 Å². The summed E-state index contributed by atoms with van der Waals surface area (Å²) in [5.74, 6) is -2.61. The molecule has 2 aromatic rings. The average Bonchev–Trinajstić information content (AvgIpc) is 3.19. The number of halogens is 5. The number of methoxy groups -OCH3 is 2. The predicted molar refractivity (Wildman–Crippen MR) is 134 cm³/mol. The number of rotatable bonds is 5. The van der Waals surface area contributed by atoms with E-state index in [1.807, 2.05) is 6.07 Å². The largest absolute Gasteiger partial charge is 0.493 e. The molecule has 0 amide bonds. The van der Waals surface area contributed by atoms with Gasteiger partial charge in [0.1, 0.15) is 11.6 Å². The number of carbonyl (C=O) groups is 1. The average molecular weight is 559 g/mol. The number of fused-ring (bicyclic) bond motifs is 1. The summed E-state index contributed by atoms with van der Waals surface area (Å²) in [6.07, 6.45) is -1.29. The molecule has 13 heteroatoms. The highest BCUT2D eigenvalue weighted by atomic mass is 19.4. The number of hydrogen-bond donors (Lipinski definition) is 4. The van der Waals surface area contributed by atoms with Crippen LogP contribution in [0.1, 0.15) is 31.2 Å². The van der Waals surface area contributed by atoms with Gasteiger partial charge in [-0.3, -0.25) is 5.41 Å². The number of anilines is 1. The highest BCUT2D eigenvalue weighted by Crippen LogP contribution is 2.49. The van der Waals surface area contributed by atoms with Gasteiger partial charge in [-0.2, -0.15) is 13.2 Å². The van der Waals surface area contributed by atoms with Crippen molar-refractivity contribution in [2.24, 2.45) is 0 Å². The second-order valence-electron chi connectivity index (χ2n) is 9.55. The molecule has 2 fully saturated rings. The van der Waals surface area contributed by atoms with Crippen molar-refractivity contribution in [2.75, 3.05) is 33.1 Å². The molecule has 2 aliphatic rings. The van der Waals surface area contributed by atoms with Gasteiger partial charge in [0, 0.05) is 29.3 Å². The van der Waals surface area contributed by atoms with Crippen molar-refractivity contribution < 1.29 is 41.3 Å². The maximum absolute atomic E-state index is 13.4. The molecule has 1 saturated heterocycles. The molecule has 4 rings (SSSR count). The number of carboxylic acid groups (broad SMARTS) is 1. The van der Waals surface area contributed by atoms with Crippen LogP contribution in [0, 0.1) is 17.0 Å². The fraction of sp³-hybridized carbons (Fsp3) is 0.462. The molecule has 1 saturated carbocycles. The third-order valence-corrected chi connectivity index (χ3v) is 7.21. The fourth-order valence-corrected chi connectivity index (χ4v) is 5.41. The Morgan fingerprint density at radius 1 is 1.08 bits per heavy atom. The number of benzene rings is 2. The molecule has 0 aromatic heterocycles. The summed E-state index contributed by atoms with van der Waals surface area (Å²) in [5, 5.41) is 21.3. The molecule has 2 aromatic carbocycles. The van der Waals surface area contributed by atoms with E-state index in [9.17, 15) is 22.0 Å². The maximum Gasteiger partial charge on any atom is 0.490 e. The van der Waals surface area contributed by atoms with E-state index in [2.05, 4.69) is 34.7 Å². The zero-order chi connectivity index (χ0) is 29.0. The standard InChI is InChI=1S/C24H30F2N4O2.C2HF3O2/c1-30-9-8-24(15-4-5-20(31-2)21(10-15)32-3)7-6-18(14-22(24)30)28-23(27)29-19-12-16(25)11-17(26)13-19;3-2(4,5)1(6)7/h4-5,10-13,18,22H,6-9,14H2,1-3H3,(H3,27,28,29);(H,6,7)/t18-,22+,24+;/m1./s1. The topological polar surface area (TPSA) is 107 Å². The van der Waals surface area contributed by atoms with Gasteiger partial charge in [-0.05, 0) is 69.1 Å². The van der Waals surface area contributed by atoms with Gasteiger partial charge in [0.15, 0.2) is 17.5 Å². The van der Waals surface area contributed by atoms with E-state index >= 15 is 0 Å². The Labute approximate surface area is 222 Å². The summed E-state index contributed by atoms with van der Waals surface area (Å²) >= 11 is 0. The summed E-state index contributed by atoms with van der Waals surface area (Å²) in [7, 11) is 5.44. The van der Waals surface area contributed by atoms with E-state index in [1.165, 1.54) is 17.7 Å². The molecule has 0 bridgehead atoms. The van der Waals surface area contributed by atoms with Gasteiger partial charge in [-0.25, -0.2) is 13.6 Å². The highest BCUT2D eigenvalue weighted by Gasteiger charge is 2.50. The van der Waals surface area contributed by atoms with Crippen molar-refractivity contribution >= 4 is 17.6 Å². The molecule has 1 aliphatic heterocycles. The van der Waals surface area contributed by atoms with Gasteiger partial charge in [-0.1, -0.05) is 6.07 Å². The van der Waals surface area contributed by atoms with Crippen molar-refractivity contribution in [1.82, 2.24) is 10.2 Å². The van der Waals surface area contributed by atoms with Crippen molar-refractivity contribution in [3.05, 3.63) is 53.6 Å². The van der Waals surface area contributed by atoms with Crippen LogP contribution in [0.3, 0.4) is 0 Å². The summed E-state index contributed by atoms with van der Waals surface area (Å²) in [5.41, 5.74) is 1.49. The Balaban J connectivity index is 0.000000532. The Bertz CT molecular complexity index is 1180. The normalized spacial score (nSPS) is 22.7. The molecular formula is C26H31F5N4O4. The number of alkyl halides is 3. The van der Waals surface area contributed by atoms with Crippen LogP contribution >= 0.6 is 0 Å². The third-order valence-electron chi connectivity index (χ3n) is 7.21. The van der Waals surface area contributed by atoms with E-state index in [0.29, 0.717) is 6.04 Å². The molecule has 0 unspecified atom stereocenters.